The van der Waals surface area contributed by atoms with Gasteiger partial charge in [-0.1, -0.05) is 30.3 Å². The van der Waals surface area contributed by atoms with Crippen LogP contribution in [0.1, 0.15) is 51.4 Å². The largest absolute Gasteiger partial charge is 0.459 e. The molecule has 1 amide bonds. The van der Waals surface area contributed by atoms with E-state index in [2.05, 4.69) is 22.3 Å². The molecule has 8 heteroatoms. The van der Waals surface area contributed by atoms with Crippen molar-refractivity contribution in [3.8, 4) is 0 Å². The fourth-order valence-electron chi connectivity index (χ4n) is 4.63. The standard InChI is InChI=1S/C25H27N5O3/c1-2-26-23-22-19(15-18(16-20(22)31)17-7-4-3-5-8-17)27-25(28-23)30-12-10-29(11-13-30)24(32)21-9-6-14-33-21/h3-9,14,18H,2,10-13,15-16H2,1H3,(H,26,27,28). The first-order valence-electron chi connectivity index (χ1n) is 11.4. The van der Waals surface area contributed by atoms with Crippen LogP contribution >= 0.6 is 0 Å². The van der Waals surface area contributed by atoms with E-state index in [4.69, 9.17) is 14.4 Å². The van der Waals surface area contributed by atoms with E-state index in [-0.39, 0.29) is 17.6 Å². The Balaban J connectivity index is 1.38. The first kappa shape index (κ1) is 21.2. The van der Waals surface area contributed by atoms with Crippen molar-refractivity contribution in [3.05, 3.63) is 71.3 Å². The lowest BCUT2D eigenvalue weighted by Gasteiger charge is -2.35. The van der Waals surface area contributed by atoms with Crippen LogP contribution < -0.4 is 10.2 Å². The SMILES string of the molecule is CCNc1nc(N2CCN(C(=O)c3ccco3)CC2)nc2c1C(=O)CC(c1ccccc1)C2. The number of fused-ring (bicyclic) bond motifs is 1. The number of Topliss-reactive ketones (excluding diaryl/α,β-unsaturated/α-hetero) is 1. The molecule has 0 spiro atoms. The number of hydrogen-bond acceptors (Lipinski definition) is 7. The average Bonchev–Trinajstić information content (AvgIpc) is 3.39. The van der Waals surface area contributed by atoms with Crippen molar-refractivity contribution in [3.63, 3.8) is 0 Å². The number of furan rings is 1. The molecule has 1 aromatic carbocycles. The number of piperazine rings is 1. The van der Waals surface area contributed by atoms with Crippen LogP contribution in [0, 0.1) is 0 Å². The minimum atomic E-state index is -0.101. The third-order valence-corrected chi connectivity index (χ3v) is 6.32. The van der Waals surface area contributed by atoms with Crippen molar-refractivity contribution < 1.29 is 14.0 Å². The zero-order chi connectivity index (χ0) is 22.8. The highest BCUT2D eigenvalue weighted by molar-refractivity contribution is 6.03. The van der Waals surface area contributed by atoms with Crippen LogP contribution in [0.15, 0.2) is 53.1 Å². The van der Waals surface area contributed by atoms with Crippen molar-refractivity contribution >= 4 is 23.5 Å². The molecule has 2 aromatic heterocycles. The molecule has 3 aromatic rings. The Morgan fingerprint density at radius 3 is 2.55 bits per heavy atom. The van der Waals surface area contributed by atoms with E-state index in [0.29, 0.717) is 68.7 Å². The van der Waals surface area contributed by atoms with Crippen LogP contribution in [-0.4, -0.2) is 59.3 Å². The van der Waals surface area contributed by atoms with Crippen molar-refractivity contribution in [1.82, 2.24) is 14.9 Å². The minimum Gasteiger partial charge on any atom is -0.459 e. The lowest BCUT2D eigenvalue weighted by Crippen LogP contribution is -2.49. The summed E-state index contributed by atoms with van der Waals surface area (Å²) in [5.74, 6) is 1.68. The highest BCUT2D eigenvalue weighted by Crippen LogP contribution is 2.35. The van der Waals surface area contributed by atoms with Crippen molar-refractivity contribution in [2.45, 2.75) is 25.7 Å². The maximum atomic E-state index is 13.1. The first-order valence-corrected chi connectivity index (χ1v) is 11.4. The van der Waals surface area contributed by atoms with E-state index in [9.17, 15) is 9.59 Å². The fourth-order valence-corrected chi connectivity index (χ4v) is 4.63. The molecule has 0 bridgehead atoms. The molecular weight excluding hydrogens is 418 g/mol. The van der Waals surface area contributed by atoms with E-state index in [0.717, 1.165) is 11.3 Å². The van der Waals surface area contributed by atoms with E-state index >= 15 is 0 Å². The summed E-state index contributed by atoms with van der Waals surface area (Å²) in [4.78, 5) is 39.1. The van der Waals surface area contributed by atoms with Crippen LogP contribution in [0.3, 0.4) is 0 Å². The number of anilines is 2. The second kappa shape index (κ2) is 9.05. The molecule has 0 radical (unpaired) electrons. The number of rotatable bonds is 5. The Hall–Kier alpha value is -3.68. The lowest BCUT2D eigenvalue weighted by atomic mass is 9.82. The van der Waals surface area contributed by atoms with Crippen molar-refractivity contribution in [1.29, 1.82) is 0 Å². The van der Waals surface area contributed by atoms with Gasteiger partial charge in [0.25, 0.3) is 5.91 Å². The van der Waals surface area contributed by atoms with Gasteiger partial charge in [0.2, 0.25) is 5.95 Å². The number of aromatic nitrogens is 2. The number of carbonyl (C=O) groups is 2. The topological polar surface area (TPSA) is 91.6 Å². The number of nitrogens with one attached hydrogen (secondary N) is 1. The summed E-state index contributed by atoms with van der Waals surface area (Å²) in [6, 6.07) is 13.6. The van der Waals surface area contributed by atoms with Gasteiger partial charge in [-0.15, -0.1) is 0 Å². The molecule has 0 saturated carbocycles. The molecule has 8 nitrogen and oxygen atoms in total. The molecule has 1 aliphatic carbocycles. The lowest BCUT2D eigenvalue weighted by molar-refractivity contribution is 0.0714. The summed E-state index contributed by atoms with van der Waals surface area (Å²) in [6.07, 6.45) is 2.68. The van der Waals surface area contributed by atoms with E-state index in [1.165, 1.54) is 6.26 Å². The number of nitrogens with zero attached hydrogens (tertiary/aromatic N) is 4. The van der Waals surface area contributed by atoms with Gasteiger partial charge < -0.3 is 19.5 Å². The Morgan fingerprint density at radius 1 is 1.06 bits per heavy atom. The molecule has 5 rings (SSSR count). The summed E-state index contributed by atoms with van der Waals surface area (Å²) in [7, 11) is 0. The van der Waals surface area contributed by atoms with Gasteiger partial charge in [0.1, 0.15) is 5.82 Å². The molecule has 170 valence electrons. The molecule has 33 heavy (non-hydrogen) atoms. The van der Waals surface area contributed by atoms with Gasteiger partial charge in [-0.3, -0.25) is 9.59 Å². The smallest absolute Gasteiger partial charge is 0.289 e. The Bertz CT molecular complexity index is 1140. The monoisotopic (exact) mass is 445 g/mol. The van der Waals surface area contributed by atoms with E-state index in [1.54, 1.807) is 17.0 Å². The molecule has 1 atom stereocenters. The van der Waals surface area contributed by atoms with Crippen LogP contribution in [-0.2, 0) is 6.42 Å². The molecule has 1 unspecified atom stereocenters. The molecular formula is C25H27N5O3. The Kier molecular flexibility index (Phi) is 5.81. The third kappa shape index (κ3) is 4.20. The maximum absolute atomic E-state index is 13.1. The number of ketones is 1. The normalized spacial score (nSPS) is 18.2. The molecule has 1 N–H and O–H groups in total. The molecule has 2 aliphatic rings. The Morgan fingerprint density at radius 2 is 1.85 bits per heavy atom. The van der Waals surface area contributed by atoms with Crippen LogP contribution in [0.5, 0.6) is 0 Å². The highest BCUT2D eigenvalue weighted by atomic mass is 16.3. The molecule has 1 aliphatic heterocycles. The Labute approximate surface area is 192 Å². The molecule has 1 fully saturated rings. The summed E-state index contributed by atoms with van der Waals surface area (Å²) in [6.45, 7) is 5.01. The molecule has 3 heterocycles. The van der Waals surface area contributed by atoms with E-state index < -0.39 is 0 Å². The summed E-state index contributed by atoms with van der Waals surface area (Å²) in [5.41, 5.74) is 2.58. The van der Waals surface area contributed by atoms with Gasteiger partial charge in [0.15, 0.2) is 11.5 Å². The van der Waals surface area contributed by atoms with Gasteiger partial charge in [-0.05, 0) is 37.0 Å². The fraction of sp³-hybridized carbons (Fsp3) is 0.360. The van der Waals surface area contributed by atoms with Crippen molar-refractivity contribution in [2.24, 2.45) is 0 Å². The van der Waals surface area contributed by atoms with Gasteiger partial charge >= 0.3 is 0 Å². The van der Waals surface area contributed by atoms with Crippen molar-refractivity contribution in [2.75, 3.05) is 42.9 Å². The van der Waals surface area contributed by atoms with Crippen LogP contribution in [0.2, 0.25) is 0 Å². The van der Waals surface area contributed by atoms with Gasteiger partial charge in [0, 0.05) is 39.1 Å². The zero-order valence-corrected chi connectivity index (χ0v) is 18.7. The predicted molar refractivity (Wildman–Crippen MR) is 125 cm³/mol. The quantitative estimate of drug-likeness (QED) is 0.644. The van der Waals surface area contributed by atoms with Crippen LogP contribution in [0.4, 0.5) is 11.8 Å². The minimum absolute atomic E-state index is 0.0847. The second-order valence-electron chi connectivity index (χ2n) is 8.42. The highest BCUT2D eigenvalue weighted by Gasteiger charge is 2.32. The number of hydrogen-bond donors (Lipinski definition) is 1. The van der Waals surface area contributed by atoms with Crippen LogP contribution in [0.25, 0.3) is 0 Å². The third-order valence-electron chi connectivity index (χ3n) is 6.32. The van der Waals surface area contributed by atoms with Gasteiger partial charge in [0.05, 0.1) is 17.5 Å². The summed E-state index contributed by atoms with van der Waals surface area (Å²) in [5, 5.41) is 3.27. The average molecular weight is 446 g/mol. The molecule has 1 saturated heterocycles. The summed E-state index contributed by atoms with van der Waals surface area (Å²) < 4.78 is 5.25. The first-order chi connectivity index (χ1) is 16.1. The summed E-state index contributed by atoms with van der Waals surface area (Å²) >= 11 is 0. The number of carbonyl (C=O) groups excluding carboxylic acids is 2. The number of amides is 1. The predicted octanol–water partition coefficient (Wildman–Crippen LogP) is 3.38. The zero-order valence-electron chi connectivity index (χ0n) is 18.7. The van der Waals surface area contributed by atoms with Gasteiger partial charge in [-0.2, -0.15) is 4.98 Å². The second-order valence-corrected chi connectivity index (χ2v) is 8.42. The number of benzene rings is 1. The van der Waals surface area contributed by atoms with Gasteiger partial charge in [-0.25, -0.2) is 4.98 Å². The van der Waals surface area contributed by atoms with E-state index in [1.807, 2.05) is 25.1 Å². The maximum Gasteiger partial charge on any atom is 0.289 e.